The van der Waals surface area contributed by atoms with Crippen LogP contribution in [0.3, 0.4) is 0 Å². The number of thioether (sulfide) groups is 1. The first kappa shape index (κ1) is 11.7. The lowest BCUT2D eigenvalue weighted by atomic mass is 10.2. The Bertz CT molecular complexity index is 182. The van der Waals surface area contributed by atoms with E-state index in [-0.39, 0.29) is 0 Å². The Kier molecular flexibility index (Phi) is 4.79. The highest BCUT2D eigenvalue weighted by molar-refractivity contribution is 8.00. The number of nitrogens with one attached hydrogen (secondary N) is 1. The van der Waals surface area contributed by atoms with Gasteiger partial charge < -0.3 is 10.1 Å². The van der Waals surface area contributed by atoms with Crippen LogP contribution in [0.2, 0.25) is 0 Å². The largest absolute Gasteiger partial charge is 0.377 e. The number of hydrogen-bond donors (Lipinski definition) is 1. The van der Waals surface area contributed by atoms with Gasteiger partial charge in [-0.25, -0.2) is 0 Å². The van der Waals surface area contributed by atoms with E-state index in [0.717, 1.165) is 24.4 Å². The van der Waals surface area contributed by atoms with E-state index in [1.54, 1.807) is 0 Å². The summed E-state index contributed by atoms with van der Waals surface area (Å²) in [6, 6.07) is 0.724. The molecule has 0 radical (unpaired) electrons. The molecule has 2 fully saturated rings. The molecule has 2 atom stereocenters. The molecule has 1 aliphatic carbocycles. The molecular formula is C12H23NOS. The fourth-order valence-electron chi connectivity index (χ4n) is 2.52. The number of rotatable bonds is 5. The third-order valence-corrected chi connectivity index (χ3v) is 4.87. The van der Waals surface area contributed by atoms with Crippen LogP contribution in [0.5, 0.6) is 0 Å². The Balaban J connectivity index is 1.51. The van der Waals surface area contributed by atoms with Crippen LogP contribution in [-0.2, 0) is 4.74 Å². The van der Waals surface area contributed by atoms with E-state index in [2.05, 4.69) is 24.0 Å². The average Bonchev–Trinajstić information content (AvgIpc) is 2.85. The molecule has 0 bridgehead atoms. The molecule has 1 heterocycles. The summed E-state index contributed by atoms with van der Waals surface area (Å²) in [6.45, 7) is 4.26. The van der Waals surface area contributed by atoms with Crippen LogP contribution in [0.25, 0.3) is 0 Å². The van der Waals surface area contributed by atoms with Gasteiger partial charge in [0.1, 0.15) is 0 Å². The zero-order valence-electron chi connectivity index (χ0n) is 9.71. The molecule has 2 nitrogen and oxygen atoms in total. The van der Waals surface area contributed by atoms with Crippen molar-refractivity contribution in [3.63, 3.8) is 0 Å². The van der Waals surface area contributed by atoms with Crippen molar-refractivity contribution >= 4 is 11.8 Å². The lowest BCUT2D eigenvalue weighted by molar-refractivity contribution is 0.0592. The van der Waals surface area contributed by atoms with Crippen LogP contribution in [0, 0.1) is 0 Å². The van der Waals surface area contributed by atoms with E-state index in [1.807, 2.05) is 0 Å². The third-order valence-electron chi connectivity index (χ3n) is 3.54. The van der Waals surface area contributed by atoms with Crippen molar-refractivity contribution in [3.8, 4) is 0 Å². The van der Waals surface area contributed by atoms with Gasteiger partial charge in [-0.1, -0.05) is 19.8 Å². The van der Waals surface area contributed by atoms with Crippen molar-refractivity contribution < 1.29 is 4.74 Å². The van der Waals surface area contributed by atoms with Gasteiger partial charge in [0, 0.05) is 17.8 Å². The van der Waals surface area contributed by atoms with Crippen LogP contribution >= 0.6 is 11.8 Å². The zero-order valence-corrected chi connectivity index (χ0v) is 10.5. The molecule has 0 aromatic carbocycles. The Morgan fingerprint density at radius 2 is 2.07 bits per heavy atom. The first-order valence-electron chi connectivity index (χ1n) is 6.33. The first-order valence-corrected chi connectivity index (χ1v) is 7.38. The van der Waals surface area contributed by atoms with Gasteiger partial charge in [0.05, 0.1) is 12.7 Å². The highest BCUT2D eigenvalue weighted by Gasteiger charge is 2.23. The fraction of sp³-hybridized carbons (Fsp3) is 1.00. The normalized spacial score (nSPS) is 32.6. The maximum absolute atomic E-state index is 5.83. The minimum Gasteiger partial charge on any atom is -0.377 e. The fourth-order valence-corrected chi connectivity index (χ4v) is 3.75. The van der Waals surface area contributed by atoms with Crippen LogP contribution < -0.4 is 5.32 Å². The van der Waals surface area contributed by atoms with Gasteiger partial charge in [0.15, 0.2) is 0 Å². The molecule has 2 unspecified atom stereocenters. The van der Waals surface area contributed by atoms with Gasteiger partial charge in [-0.05, 0) is 25.0 Å². The van der Waals surface area contributed by atoms with Gasteiger partial charge in [-0.3, -0.25) is 0 Å². The van der Waals surface area contributed by atoms with E-state index < -0.39 is 0 Å². The van der Waals surface area contributed by atoms with E-state index in [4.69, 9.17) is 4.74 Å². The lowest BCUT2D eigenvalue weighted by Gasteiger charge is -2.17. The van der Waals surface area contributed by atoms with Gasteiger partial charge in [0.25, 0.3) is 0 Å². The summed E-state index contributed by atoms with van der Waals surface area (Å²) in [5.74, 6) is 1.32. The molecule has 2 rings (SSSR count). The molecule has 2 aliphatic rings. The smallest absolute Gasteiger partial charge is 0.0594 e. The predicted molar refractivity (Wildman–Crippen MR) is 66.5 cm³/mol. The second kappa shape index (κ2) is 6.12. The monoisotopic (exact) mass is 229 g/mol. The van der Waals surface area contributed by atoms with Crippen molar-refractivity contribution in [1.29, 1.82) is 0 Å². The molecule has 3 heteroatoms. The zero-order chi connectivity index (χ0) is 10.5. The van der Waals surface area contributed by atoms with E-state index in [1.165, 1.54) is 37.9 Å². The highest BCUT2D eigenvalue weighted by atomic mass is 32.2. The third kappa shape index (κ3) is 3.65. The summed E-state index contributed by atoms with van der Waals surface area (Å²) in [7, 11) is 0. The summed E-state index contributed by atoms with van der Waals surface area (Å²) >= 11 is 2.09. The molecule has 0 aromatic heterocycles. The molecule has 1 saturated heterocycles. The van der Waals surface area contributed by atoms with Crippen LogP contribution in [0.4, 0.5) is 0 Å². The second-order valence-corrected chi connectivity index (χ2v) is 6.19. The first-order chi connectivity index (χ1) is 7.36. The topological polar surface area (TPSA) is 21.3 Å². The number of ether oxygens (including phenoxy) is 1. The van der Waals surface area contributed by atoms with Crippen molar-refractivity contribution in [1.82, 2.24) is 5.32 Å². The summed E-state index contributed by atoms with van der Waals surface area (Å²) in [4.78, 5) is 0. The van der Waals surface area contributed by atoms with Gasteiger partial charge in [-0.15, -0.1) is 0 Å². The minimum absolute atomic E-state index is 0.571. The SMILES string of the molecule is CC1SCCC1NCCOC1CCCC1. The molecule has 1 saturated carbocycles. The molecule has 1 N–H and O–H groups in total. The van der Waals surface area contributed by atoms with Crippen molar-refractivity contribution in [2.75, 3.05) is 18.9 Å². The predicted octanol–water partition coefficient (Wildman–Crippen LogP) is 2.43. The van der Waals surface area contributed by atoms with Crippen molar-refractivity contribution in [2.24, 2.45) is 0 Å². The van der Waals surface area contributed by atoms with Gasteiger partial charge >= 0.3 is 0 Å². The quantitative estimate of drug-likeness (QED) is 0.732. The highest BCUT2D eigenvalue weighted by Crippen LogP contribution is 2.26. The van der Waals surface area contributed by atoms with Crippen LogP contribution in [0.15, 0.2) is 0 Å². The Labute approximate surface area is 97.5 Å². The van der Waals surface area contributed by atoms with E-state index >= 15 is 0 Å². The Morgan fingerprint density at radius 3 is 2.73 bits per heavy atom. The van der Waals surface area contributed by atoms with Crippen LogP contribution in [0.1, 0.15) is 39.0 Å². The molecule has 88 valence electrons. The maximum atomic E-state index is 5.83. The van der Waals surface area contributed by atoms with E-state index in [0.29, 0.717) is 6.10 Å². The molecule has 15 heavy (non-hydrogen) atoms. The maximum Gasteiger partial charge on any atom is 0.0594 e. The van der Waals surface area contributed by atoms with E-state index in [9.17, 15) is 0 Å². The molecule has 0 aromatic rings. The minimum atomic E-state index is 0.571. The molecular weight excluding hydrogens is 206 g/mol. The van der Waals surface area contributed by atoms with Crippen LogP contribution in [-0.4, -0.2) is 36.3 Å². The van der Waals surface area contributed by atoms with Crippen molar-refractivity contribution in [2.45, 2.75) is 56.4 Å². The Morgan fingerprint density at radius 1 is 1.27 bits per heavy atom. The molecule has 1 aliphatic heterocycles. The summed E-state index contributed by atoms with van der Waals surface area (Å²) < 4.78 is 5.83. The summed E-state index contributed by atoms with van der Waals surface area (Å²) in [6.07, 6.45) is 7.21. The summed E-state index contributed by atoms with van der Waals surface area (Å²) in [5, 5.41) is 4.40. The second-order valence-electron chi connectivity index (χ2n) is 4.70. The Hall–Kier alpha value is 0.270. The van der Waals surface area contributed by atoms with Gasteiger partial charge in [-0.2, -0.15) is 11.8 Å². The summed E-state index contributed by atoms with van der Waals surface area (Å²) in [5.41, 5.74) is 0. The molecule has 0 spiro atoms. The average molecular weight is 229 g/mol. The lowest BCUT2D eigenvalue weighted by Crippen LogP contribution is -2.36. The molecule has 0 amide bonds. The van der Waals surface area contributed by atoms with Gasteiger partial charge in [0.2, 0.25) is 0 Å². The van der Waals surface area contributed by atoms with Crippen molar-refractivity contribution in [3.05, 3.63) is 0 Å². The number of hydrogen-bond acceptors (Lipinski definition) is 3. The standard InChI is InChI=1S/C12H23NOS/c1-10-12(6-9-15-10)13-7-8-14-11-4-2-3-5-11/h10-13H,2-9H2,1H3.